The Balaban J connectivity index is 2.39. The molecule has 0 spiro atoms. The predicted molar refractivity (Wildman–Crippen MR) is 48.3 cm³/mol. The van der Waals surface area contributed by atoms with E-state index in [1.54, 1.807) is 0 Å². The zero-order chi connectivity index (χ0) is 8.10. The van der Waals surface area contributed by atoms with Crippen molar-refractivity contribution >= 4 is 19.4 Å². The first-order chi connectivity index (χ1) is 5.29. The van der Waals surface area contributed by atoms with Crippen LogP contribution in [0, 0.1) is 0 Å². The third-order valence-electron chi connectivity index (χ3n) is 1.23. The van der Waals surface area contributed by atoms with Crippen LogP contribution in [0.15, 0.2) is 30.3 Å². The SMILES string of the molecule is C[C@H](O)C[Se]c1ccccc1. The number of hydrogen-bond donors (Lipinski definition) is 1. The molecule has 0 aliphatic rings. The van der Waals surface area contributed by atoms with Crippen molar-refractivity contribution in [2.45, 2.75) is 18.3 Å². The Morgan fingerprint density at radius 3 is 2.55 bits per heavy atom. The Labute approximate surface area is 73.6 Å². The summed E-state index contributed by atoms with van der Waals surface area (Å²) in [7, 11) is 0. The van der Waals surface area contributed by atoms with Crippen LogP contribution < -0.4 is 4.46 Å². The van der Waals surface area contributed by atoms with E-state index in [4.69, 9.17) is 5.11 Å². The molecule has 0 heterocycles. The van der Waals surface area contributed by atoms with Gasteiger partial charge in [0.1, 0.15) is 0 Å². The first-order valence-electron chi connectivity index (χ1n) is 3.65. The first-order valence-corrected chi connectivity index (χ1v) is 5.72. The Morgan fingerprint density at radius 2 is 2.00 bits per heavy atom. The quantitative estimate of drug-likeness (QED) is 0.740. The van der Waals surface area contributed by atoms with Gasteiger partial charge in [-0.15, -0.1) is 0 Å². The molecule has 1 N–H and O–H groups in total. The molecule has 0 aliphatic heterocycles. The van der Waals surface area contributed by atoms with Crippen molar-refractivity contribution in [3.05, 3.63) is 30.3 Å². The van der Waals surface area contributed by atoms with Crippen LogP contribution >= 0.6 is 0 Å². The van der Waals surface area contributed by atoms with E-state index in [2.05, 4.69) is 12.1 Å². The molecule has 2 heteroatoms. The molecule has 11 heavy (non-hydrogen) atoms. The average Bonchev–Trinajstić information content (AvgIpc) is 2.03. The summed E-state index contributed by atoms with van der Waals surface area (Å²) in [5.74, 6) is 0. The first kappa shape index (κ1) is 8.79. The molecule has 0 saturated heterocycles. The summed E-state index contributed by atoms with van der Waals surface area (Å²) in [6, 6.07) is 10.3. The molecule has 0 aliphatic carbocycles. The topological polar surface area (TPSA) is 20.2 Å². The minimum atomic E-state index is -0.157. The van der Waals surface area contributed by atoms with E-state index in [9.17, 15) is 0 Å². The molecule has 0 aromatic heterocycles. The van der Waals surface area contributed by atoms with Crippen LogP contribution in [-0.4, -0.2) is 26.2 Å². The molecule has 0 saturated carbocycles. The van der Waals surface area contributed by atoms with Gasteiger partial charge in [-0.05, 0) is 0 Å². The van der Waals surface area contributed by atoms with Crippen LogP contribution in [0.2, 0.25) is 5.32 Å². The van der Waals surface area contributed by atoms with E-state index in [1.807, 2.05) is 25.1 Å². The van der Waals surface area contributed by atoms with Gasteiger partial charge in [-0.25, -0.2) is 0 Å². The predicted octanol–water partition coefficient (Wildman–Crippen LogP) is 0.815. The molecule has 1 aromatic carbocycles. The Bertz CT molecular complexity index is 196. The van der Waals surface area contributed by atoms with Crippen LogP contribution in [0.25, 0.3) is 0 Å². The molecule has 1 nitrogen and oxygen atoms in total. The van der Waals surface area contributed by atoms with Gasteiger partial charge in [-0.2, -0.15) is 0 Å². The van der Waals surface area contributed by atoms with Gasteiger partial charge in [0.15, 0.2) is 0 Å². The van der Waals surface area contributed by atoms with Crippen LogP contribution in [0.4, 0.5) is 0 Å². The standard InChI is InChI=1S/C9H12OSe/c1-8(10)7-11-9-5-3-2-4-6-9/h2-6,8,10H,7H2,1H3/t8-/m0/s1. The van der Waals surface area contributed by atoms with Crippen LogP contribution in [0.5, 0.6) is 0 Å². The van der Waals surface area contributed by atoms with Crippen molar-refractivity contribution in [2.75, 3.05) is 0 Å². The number of aliphatic hydroxyl groups excluding tert-OH is 1. The average molecular weight is 215 g/mol. The second-order valence-corrected chi connectivity index (χ2v) is 4.77. The second-order valence-electron chi connectivity index (χ2n) is 2.47. The molecule has 0 radical (unpaired) electrons. The summed E-state index contributed by atoms with van der Waals surface area (Å²) in [6.45, 7) is 1.84. The molecule has 0 fully saturated rings. The van der Waals surface area contributed by atoms with Gasteiger partial charge >= 0.3 is 73.2 Å². The molecule has 0 bridgehead atoms. The molecule has 1 rings (SSSR count). The molecule has 0 unspecified atom stereocenters. The third-order valence-corrected chi connectivity index (χ3v) is 3.87. The molecule has 0 amide bonds. The van der Waals surface area contributed by atoms with Gasteiger partial charge in [0.05, 0.1) is 0 Å². The number of hydrogen-bond acceptors (Lipinski definition) is 1. The fraction of sp³-hybridized carbons (Fsp3) is 0.333. The summed E-state index contributed by atoms with van der Waals surface area (Å²) >= 11 is 0.440. The summed E-state index contributed by atoms with van der Waals surface area (Å²) in [5, 5.41) is 9.94. The molecule has 60 valence electrons. The van der Waals surface area contributed by atoms with E-state index < -0.39 is 0 Å². The summed E-state index contributed by atoms with van der Waals surface area (Å²) in [5.41, 5.74) is 0. The number of rotatable bonds is 3. The van der Waals surface area contributed by atoms with Crippen molar-refractivity contribution in [3.8, 4) is 0 Å². The second kappa shape index (κ2) is 4.55. The van der Waals surface area contributed by atoms with Gasteiger partial charge in [0, 0.05) is 0 Å². The van der Waals surface area contributed by atoms with E-state index in [1.165, 1.54) is 4.46 Å². The van der Waals surface area contributed by atoms with E-state index in [-0.39, 0.29) is 6.10 Å². The van der Waals surface area contributed by atoms with Gasteiger partial charge in [0.2, 0.25) is 0 Å². The normalized spacial score (nSPS) is 12.9. The van der Waals surface area contributed by atoms with E-state index in [0.717, 1.165) is 5.32 Å². The molecule has 1 atom stereocenters. The van der Waals surface area contributed by atoms with Crippen molar-refractivity contribution in [3.63, 3.8) is 0 Å². The van der Waals surface area contributed by atoms with Crippen molar-refractivity contribution in [1.82, 2.24) is 0 Å². The Hall–Kier alpha value is -0.301. The maximum absolute atomic E-state index is 9.03. The van der Waals surface area contributed by atoms with Gasteiger partial charge in [-0.1, -0.05) is 0 Å². The fourth-order valence-corrected chi connectivity index (χ4v) is 2.38. The Morgan fingerprint density at radius 1 is 1.36 bits per heavy atom. The molecule has 1 aromatic rings. The van der Waals surface area contributed by atoms with Crippen LogP contribution in [0.3, 0.4) is 0 Å². The van der Waals surface area contributed by atoms with Crippen molar-refractivity contribution in [1.29, 1.82) is 0 Å². The van der Waals surface area contributed by atoms with Gasteiger partial charge < -0.3 is 0 Å². The summed E-state index contributed by atoms with van der Waals surface area (Å²) in [4.78, 5) is 0. The third kappa shape index (κ3) is 3.57. The molecular formula is C9H12OSe. The fourth-order valence-electron chi connectivity index (χ4n) is 0.734. The Kier molecular flexibility index (Phi) is 3.64. The van der Waals surface area contributed by atoms with Gasteiger partial charge in [0.25, 0.3) is 0 Å². The monoisotopic (exact) mass is 216 g/mol. The van der Waals surface area contributed by atoms with Crippen molar-refractivity contribution in [2.24, 2.45) is 0 Å². The maximum atomic E-state index is 9.03. The van der Waals surface area contributed by atoms with E-state index >= 15 is 0 Å². The summed E-state index contributed by atoms with van der Waals surface area (Å²) in [6.07, 6.45) is -0.157. The zero-order valence-corrected chi connectivity index (χ0v) is 8.24. The zero-order valence-electron chi connectivity index (χ0n) is 6.53. The van der Waals surface area contributed by atoms with E-state index in [0.29, 0.717) is 15.0 Å². The van der Waals surface area contributed by atoms with Crippen LogP contribution in [0.1, 0.15) is 6.92 Å². The van der Waals surface area contributed by atoms with Crippen molar-refractivity contribution < 1.29 is 5.11 Å². The van der Waals surface area contributed by atoms with Crippen LogP contribution in [-0.2, 0) is 0 Å². The number of benzene rings is 1. The minimum absolute atomic E-state index is 0.157. The number of aliphatic hydroxyl groups is 1. The van der Waals surface area contributed by atoms with Gasteiger partial charge in [-0.3, -0.25) is 0 Å². The molecular weight excluding hydrogens is 203 g/mol. The summed E-state index contributed by atoms with van der Waals surface area (Å²) < 4.78 is 1.36.